The van der Waals surface area contributed by atoms with Gasteiger partial charge >= 0.3 is 0 Å². The van der Waals surface area contributed by atoms with Crippen LogP contribution in [0.15, 0.2) is 59.6 Å². The smallest absolute Gasteiger partial charge is 0.261 e. The van der Waals surface area contributed by atoms with Crippen molar-refractivity contribution in [3.05, 3.63) is 81.6 Å². The monoisotopic (exact) mass is 446 g/mol. The summed E-state index contributed by atoms with van der Waals surface area (Å²) in [4.78, 5) is 4.50. The highest BCUT2D eigenvalue weighted by Crippen LogP contribution is 2.37. The number of benzene rings is 2. The molecule has 148 valence electrons. The van der Waals surface area contributed by atoms with Crippen molar-refractivity contribution in [2.75, 3.05) is 11.8 Å². The molecule has 1 aliphatic rings. The summed E-state index contributed by atoms with van der Waals surface area (Å²) in [7, 11) is -2.16. The zero-order valence-electron chi connectivity index (χ0n) is 15.3. The first-order valence-corrected chi connectivity index (χ1v) is 10.9. The van der Waals surface area contributed by atoms with Gasteiger partial charge < -0.3 is 4.74 Å². The van der Waals surface area contributed by atoms with Crippen LogP contribution >= 0.6 is 23.2 Å². The van der Waals surface area contributed by atoms with Crippen LogP contribution in [-0.4, -0.2) is 20.5 Å². The minimum atomic E-state index is -3.69. The molecule has 2 aromatic carbocycles. The van der Waals surface area contributed by atoms with Crippen LogP contribution in [0.3, 0.4) is 0 Å². The number of hydrogen-bond donors (Lipinski definition) is 1. The van der Waals surface area contributed by atoms with Crippen LogP contribution in [0.1, 0.15) is 16.8 Å². The number of allylic oxidation sites excluding steroid dienone is 1. The Morgan fingerprint density at radius 2 is 1.72 bits per heavy atom. The largest absolute Gasteiger partial charge is 0.497 e. The average Bonchev–Trinajstić information content (AvgIpc) is 3.16. The fourth-order valence-electron chi connectivity index (χ4n) is 3.12. The average molecular weight is 447 g/mol. The maximum Gasteiger partial charge on any atom is 0.261 e. The van der Waals surface area contributed by atoms with E-state index in [1.54, 1.807) is 30.5 Å². The van der Waals surface area contributed by atoms with Gasteiger partial charge in [0, 0.05) is 23.9 Å². The highest BCUT2D eigenvalue weighted by Gasteiger charge is 2.20. The minimum absolute atomic E-state index is 0.161. The quantitative estimate of drug-likeness (QED) is 0.577. The van der Waals surface area contributed by atoms with Crippen molar-refractivity contribution in [2.45, 2.75) is 11.3 Å². The van der Waals surface area contributed by atoms with Crippen molar-refractivity contribution in [2.24, 2.45) is 0 Å². The van der Waals surface area contributed by atoms with E-state index in [2.05, 4.69) is 9.71 Å². The predicted octanol–water partition coefficient (Wildman–Crippen LogP) is 5.29. The Morgan fingerprint density at radius 3 is 2.38 bits per heavy atom. The minimum Gasteiger partial charge on any atom is -0.497 e. The summed E-state index contributed by atoms with van der Waals surface area (Å²) in [5, 5.41) is 0.918. The lowest BCUT2D eigenvalue weighted by atomic mass is 10.0. The molecule has 1 N–H and O–H groups in total. The lowest BCUT2D eigenvalue weighted by Crippen LogP contribution is -2.12. The second kappa shape index (κ2) is 7.71. The van der Waals surface area contributed by atoms with Crippen LogP contribution in [0.4, 0.5) is 5.69 Å². The maximum absolute atomic E-state index is 12.6. The third-order valence-electron chi connectivity index (χ3n) is 4.64. The van der Waals surface area contributed by atoms with Crippen LogP contribution in [0, 0.1) is 0 Å². The molecule has 0 bridgehead atoms. The third kappa shape index (κ3) is 3.96. The molecular weight excluding hydrogens is 431 g/mol. The molecular formula is C21H16Cl2N2O3S. The van der Waals surface area contributed by atoms with Crippen molar-refractivity contribution in [3.63, 3.8) is 0 Å². The van der Waals surface area contributed by atoms with Gasteiger partial charge in [-0.25, -0.2) is 8.42 Å². The SMILES string of the molecule is COc1ccc(S(=O)(=O)Nc2ccc(C3=Cc4c(ncc(Cl)c4Cl)C3)cc2)cc1. The molecule has 29 heavy (non-hydrogen) atoms. The van der Waals surface area contributed by atoms with E-state index in [1.807, 2.05) is 18.2 Å². The van der Waals surface area contributed by atoms with Gasteiger partial charge in [-0.2, -0.15) is 0 Å². The number of halogens is 2. The zero-order valence-corrected chi connectivity index (χ0v) is 17.6. The Kier molecular flexibility index (Phi) is 5.25. The zero-order chi connectivity index (χ0) is 20.6. The van der Waals surface area contributed by atoms with Crippen molar-refractivity contribution in [1.29, 1.82) is 0 Å². The van der Waals surface area contributed by atoms with Crippen molar-refractivity contribution >= 4 is 50.6 Å². The first-order chi connectivity index (χ1) is 13.9. The lowest BCUT2D eigenvalue weighted by molar-refractivity contribution is 0.414. The molecule has 8 heteroatoms. The van der Waals surface area contributed by atoms with Crippen molar-refractivity contribution < 1.29 is 13.2 Å². The van der Waals surface area contributed by atoms with Gasteiger partial charge in [-0.3, -0.25) is 9.71 Å². The predicted molar refractivity (Wildman–Crippen MR) is 116 cm³/mol. The maximum atomic E-state index is 12.6. The van der Waals surface area contributed by atoms with Crippen molar-refractivity contribution in [1.82, 2.24) is 4.98 Å². The molecule has 4 rings (SSSR count). The molecule has 5 nitrogen and oxygen atoms in total. The molecule has 0 aliphatic heterocycles. The van der Waals surface area contributed by atoms with E-state index in [0.29, 0.717) is 27.9 Å². The Labute approximate surface area is 179 Å². The van der Waals surface area contributed by atoms with Crippen molar-refractivity contribution in [3.8, 4) is 5.75 Å². The Balaban J connectivity index is 1.53. The van der Waals surface area contributed by atoms with Gasteiger partial charge in [0.25, 0.3) is 10.0 Å². The second-order valence-corrected chi connectivity index (χ2v) is 8.95. The number of nitrogens with zero attached hydrogens (tertiary/aromatic N) is 1. The van der Waals surface area contributed by atoms with E-state index >= 15 is 0 Å². The number of hydrogen-bond acceptors (Lipinski definition) is 4. The van der Waals surface area contributed by atoms with Gasteiger partial charge in [0.2, 0.25) is 0 Å². The summed E-state index contributed by atoms with van der Waals surface area (Å²) >= 11 is 12.3. The molecule has 1 heterocycles. The van der Waals surface area contributed by atoms with E-state index in [1.165, 1.54) is 19.2 Å². The van der Waals surface area contributed by atoms with Gasteiger partial charge in [-0.05, 0) is 53.6 Å². The topological polar surface area (TPSA) is 68.3 Å². The molecule has 0 fully saturated rings. The van der Waals surface area contributed by atoms with E-state index in [9.17, 15) is 8.42 Å². The number of aromatic nitrogens is 1. The number of sulfonamides is 1. The molecule has 0 atom stereocenters. The second-order valence-electron chi connectivity index (χ2n) is 6.49. The number of methoxy groups -OCH3 is 1. The third-order valence-corrected chi connectivity index (χ3v) is 6.83. The molecule has 0 saturated heterocycles. The summed E-state index contributed by atoms with van der Waals surface area (Å²) in [6.45, 7) is 0. The van der Waals surface area contributed by atoms with E-state index < -0.39 is 10.0 Å². The Morgan fingerprint density at radius 1 is 1.03 bits per heavy atom. The Bertz CT molecular complexity index is 1210. The van der Waals surface area contributed by atoms with E-state index in [4.69, 9.17) is 27.9 Å². The summed E-state index contributed by atoms with van der Waals surface area (Å²) in [5.41, 5.74) is 4.18. The van der Waals surface area contributed by atoms with Crippen LogP contribution < -0.4 is 9.46 Å². The lowest BCUT2D eigenvalue weighted by Gasteiger charge is -2.10. The number of rotatable bonds is 5. The highest BCUT2D eigenvalue weighted by molar-refractivity contribution is 7.92. The van der Waals surface area contributed by atoms with Crippen LogP contribution in [0.25, 0.3) is 11.6 Å². The van der Waals surface area contributed by atoms with Crippen LogP contribution in [-0.2, 0) is 16.4 Å². The highest BCUT2D eigenvalue weighted by atomic mass is 35.5. The number of nitrogens with one attached hydrogen (secondary N) is 1. The van der Waals surface area contributed by atoms with E-state index in [-0.39, 0.29) is 4.90 Å². The first-order valence-electron chi connectivity index (χ1n) is 8.68. The first kappa shape index (κ1) is 19.8. The van der Waals surface area contributed by atoms with Gasteiger partial charge in [-0.1, -0.05) is 35.3 Å². The molecule has 0 saturated carbocycles. The number of pyridine rings is 1. The number of anilines is 1. The number of ether oxygens (including phenoxy) is 1. The van der Waals surface area contributed by atoms with Gasteiger partial charge in [0.1, 0.15) is 5.75 Å². The van der Waals surface area contributed by atoms with Gasteiger partial charge in [0.15, 0.2) is 0 Å². The normalized spacial score (nSPS) is 13.0. The van der Waals surface area contributed by atoms with Gasteiger partial charge in [-0.15, -0.1) is 0 Å². The van der Waals surface area contributed by atoms with E-state index in [0.717, 1.165) is 22.4 Å². The van der Waals surface area contributed by atoms with Crippen LogP contribution in [0.5, 0.6) is 5.75 Å². The molecule has 0 spiro atoms. The summed E-state index contributed by atoms with van der Waals surface area (Å²) in [6.07, 6.45) is 4.16. The van der Waals surface area contributed by atoms with Crippen LogP contribution in [0.2, 0.25) is 10.0 Å². The fourth-order valence-corrected chi connectivity index (χ4v) is 4.54. The van der Waals surface area contributed by atoms with Gasteiger partial charge in [0.05, 0.1) is 27.7 Å². The molecule has 0 unspecified atom stereocenters. The fraction of sp³-hybridized carbons (Fsp3) is 0.0952. The molecule has 0 amide bonds. The standard InChI is InChI=1S/C21H16Cl2N2O3S/c1-28-16-6-8-17(9-7-16)29(26,27)25-15-4-2-13(3-5-15)14-10-18-20(11-14)24-12-19(22)21(18)23/h2-10,12,25H,11H2,1H3. The molecule has 1 aliphatic carbocycles. The Hall–Kier alpha value is -2.54. The molecule has 0 radical (unpaired) electrons. The number of fused-ring (bicyclic) bond motifs is 1. The molecule has 3 aromatic rings. The molecule has 1 aromatic heterocycles. The summed E-state index contributed by atoms with van der Waals surface area (Å²) in [6, 6.07) is 13.4. The summed E-state index contributed by atoms with van der Waals surface area (Å²) in [5.74, 6) is 0.593. The summed E-state index contributed by atoms with van der Waals surface area (Å²) < 4.78 is 32.8.